The molecule has 1 N–H and O–H groups in total. The second-order valence-electron chi connectivity index (χ2n) is 12.4. The SMILES string of the molecule is CCCC1O[C@@H]2C[C@H]3[C@@H]4C[C@H](F)C5=CC(=O)C=C[C@]5(C)[C@@]4(F)[C@@H](O)C[C@]3(C)[C@]2(C(=O)COC(=O)N(C)CCS)O1. The zero-order valence-electron chi connectivity index (χ0n) is 23.4. The van der Waals surface area contributed by atoms with Crippen molar-refractivity contribution in [1.82, 2.24) is 4.90 Å². The molecule has 222 valence electrons. The molecule has 0 radical (unpaired) electrons. The quantitative estimate of drug-likeness (QED) is 0.440. The van der Waals surface area contributed by atoms with Gasteiger partial charge in [-0.3, -0.25) is 9.59 Å². The number of aliphatic hydroxyl groups excluding tert-OH is 1. The molecule has 0 bridgehead atoms. The van der Waals surface area contributed by atoms with Gasteiger partial charge in [0.05, 0.1) is 12.2 Å². The maximum absolute atomic E-state index is 17.5. The Morgan fingerprint density at radius 2 is 2.00 bits per heavy atom. The number of nitrogens with zero attached hydrogens (tertiary/aromatic N) is 1. The summed E-state index contributed by atoms with van der Waals surface area (Å²) >= 11 is 4.11. The lowest BCUT2D eigenvalue weighted by molar-refractivity contribution is -0.234. The summed E-state index contributed by atoms with van der Waals surface area (Å²) in [7, 11) is 1.54. The summed E-state index contributed by atoms with van der Waals surface area (Å²) < 4.78 is 51.3. The molecule has 0 spiro atoms. The molecule has 0 aromatic carbocycles. The molecule has 1 saturated heterocycles. The lowest BCUT2D eigenvalue weighted by atomic mass is 9.44. The average molecular weight is 584 g/mol. The van der Waals surface area contributed by atoms with Crippen LogP contribution in [0.4, 0.5) is 13.6 Å². The van der Waals surface area contributed by atoms with E-state index in [9.17, 15) is 19.5 Å². The number of hydrogen-bond acceptors (Lipinski definition) is 8. The van der Waals surface area contributed by atoms with Gasteiger partial charge in [0.1, 0.15) is 6.17 Å². The number of amides is 1. The first-order valence-corrected chi connectivity index (χ1v) is 14.7. The summed E-state index contributed by atoms with van der Waals surface area (Å²) in [5.41, 5.74) is -6.51. The van der Waals surface area contributed by atoms with Crippen molar-refractivity contribution in [3.05, 3.63) is 23.8 Å². The van der Waals surface area contributed by atoms with Crippen molar-refractivity contribution < 1.29 is 42.5 Å². The van der Waals surface area contributed by atoms with Gasteiger partial charge in [-0.15, -0.1) is 0 Å². The summed E-state index contributed by atoms with van der Waals surface area (Å²) in [6.07, 6.45) is -0.475. The van der Waals surface area contributed by atoms with E-state index in [1.807, 2.05) is 6.92 Å². The first-order valence-electron chi connectivity index (χ1n) is 14.1. The fraction of sp³-hybridized carbons (Fsp3) is 0.759. The van der Waals surface area contributed by atoms with Crippen molar-refractivity contribution in [2.75, 3.05) is 26.0 Å². The second-order valence-corrected chi connectivity index (χ2v) is 12.9. The molecule has 1 amide bonds. The highest BCUT2D eigenvalue weighted by molar-refractivity contribution is 7.80. The predicted molar refractivity (Wildman–Crippen MR) is 144 cm³/mol. The minimum absolute atomic E-state index is 0.0399. The molecule has 8 nitrogen and oxygen atoms in total. The molecule has 4 aliphatic carbocycles. The van der Waals surface area contributed by atoms with Crippen LogP contribution in [0.15, 0.2) is 23.8 Å². The van der Waals surface area contributed by atoms with Crippen LogP contribution >= 0.6 is 12.6 Å². The Bertz CT molecular complexity index is 1150. The Labute approximate surface area is 238 Å². The van der Waals surface area contributed by atoms with E-state index in [1.165, 1.54) is 31.0 Å². The van der Waals surface area contributed by atoms with Gasteiger partial charge in [0, 0.05) is 36.1 Å². The number of allylic oxidation sites excluding steroid dienone is 4. The van der Waals surface area contributed by atoms with Gasteiger partial charge in [-0.1, -0.05) is 26.3 Å². The van der Waals surface area contributed by atoms with Crippen molar-refractivity contribution in [2.45, 2.75) is 88.8 Å². The van der Waals surface area contributed by atoms with E-state index in [0.717, 1.165) is 12.5 Å². The van der Waals surface area contributed by atoms with Gasteiger partial charge in [-0.25, -0.2) is 13.6 Å². The molecule has 40 heavy (non-hydrogen) atoms. The number of aliphatic hydroxyl groups is 1. The molecule has 1 unspecified atom stereocenters. The van der Waals surface area contributed by atoms with E-state index in [4.69, 9.17) is 14.2 Å². The van der Waals surface area contributed by atoms with Gasteiger partial charge in [0.2, 0.25) is 5.78 Å². The highest BCUT2D eigenvalue weighted by Crippen LogP contribution is 2.72. The number of Topliss-reactive ketones (excluding diaryl/α,β-unsaturated/α-hetero) is 1. The summed E-state index contributed by atoms with van der Waals surface area (Å²) in [6.45, 7) is 5.02. The Kier molecular flexibility index (Phi) is 7.54. The van der Waals surface area contributed by atoms with Gasteiger partial charge in [0.25, 0.3) is 0 Å². The Balaban J connectivity index is 1.52. The molecule has 3 saturated carbocycles. The number of fused-ring (bicyclic) bond motifs is 7. The number of ether oxygens (including phenoxy) is 3. The highest BCUT2D eigenvalue weighted by Gasteiger charge is 2.80. The number of carbonyl (C=O) groups is 3. The topological polar surface area (TPSA) is 102 Å². The first-order chi connectivity index (χ1) is 18.8. The number of thiol groups is 1. The summed E-state index contributed by atoms with van der Waals surface area (Å²) in [4.78, 5) is 39.9. The van der Waals surface area contributed by atoms with Crippen molar-refractivity contribution >= 4 is 30.3 Å². The van der Waals surface area contributed by atoms with Crippen molar-refractivity contribution in [3.63, 3.8) is 0 Å². The summed E-state index contributed by atoms with van der Waals surface area (Å²) in [5, 5.41) is 11.6. The van der Waals surface area contributed by atoms with Gasteiger partial charge in [-0.05, 0) is 56.3 Å². The molecule has 1 aliphatic heterocycles. The van der Waals surface area contributed by atoms with E-state index >= 15 is 8.78 Å². The zero-order chi connectivity index (χ0) is 29.3. The third kappa shape index (κ3) is 3.90. The standard InChI is InChI=1S/C29H39F2NO7S/c1-5-6-24-38-23-13-17-18-12-20(30)19-11-16(33)7-8-26(19,2)28(18,31)21(34)14-27(17,3)29(23,39-24)22(35)15-37-25(36)32(4)9-10-40/h7-8,11,17-18,20-21,23-24,34,40H,5-6,9-10,12-15H2,1-4H3/t17-,18-,20-,21-,23+,24?,26-,27-,28-,29+/m0/s1. The minimum atomic E-state index is -2.28. The fourth-order valence-electron chi connectivity index (χ4n) is 8.47. The fourth-order valence-corrected chi connectivity index (χ4v) is 8.77. The molecular formula is C29H39F2NO7S. The van der Waals surface area contributed by atoms with E-state index in [-0.39, 0.29) is 24.8 Å². The Morgan fingerprint density at radius 3 is 2.67 bits per heavy atom. The van der Waals surface area contributed by atoms with Crippen LogP contribution in [-0.2, 0) is 23.8 Å². The Hall–Kier alpha value is -1.82. The number of hydrogen-bond donors (Lipinski definition) is 2. The van der Waals surface area contributed by atoms with Crippen LogP contribution in [0.3, 0.4) is 0 Å². The third-order valence-electron chi connectivity index (χ3n) is 10.4. The number of ketones is 2. The molecular weight excluding hydrogens is 544 g/mol. The van der Waals surface area contributed by atoms with E-state index in [0.29, 0.717) is 18.7 Å². The number of halogens is 2. The van der Waals surface area contributed by atoms with Gasteiger partial charge in [-0.2, -0.15) is 12.6 Å². The normalized spacial score (nSPS) is 45.2. The van der Waals surface area contributed by atoms with Crippen molar-refractivity contribution in [1.29, 1.82) is 0 Å². The van der Waals surface area contributed by atoms with Gasteiger partial charge >= 0.3 is 6.09 Å². The lowest BCUT2D eigenvalue weighted by Gasteiger charge is -2.63. The monoisotopic (exact) mass is 583 g/mol. The van der Waals surface area contributed by atoms with Gasteiger partial charge in [0.15, 0.2) is 29.9 Å². The average Bonchev–Trinajstić information content (AvgIpc) is 3.38. The van der Waals surface area contributed by atoms with Crippen LogP contribution < -0.4 is 0 Å². The number of carbonyl (C=O) groups excluding carboxylic acids is 3. The molecule has 5 aliphatic rings. The van der Waals surface area contributed by atoms with Crippen LogP contribution in [0.25, 0.3) is 0 Å². The lowest BCUT2D eigenvalue weighted by Crippen LogP contribution is -2.71. The predicted octanol–water partition coefficient (Wildman–Crippen LogP) is 3.76. The smallest absolute Gasteiger partial charge is 0.409 e. The minimum Gasteiger partial charge on any atom is -0.441 e. The van der Waals surface area contributed by atoms with E-state index in [2.05, 4.69) is 12.6 Å². The molecule has 11 heteroatoms. The molecule has 10 atom stereocenters. The zero-order valence-corrected chi connectivity index (χ0v) is 24.3. The van der Waals surface area contributed by atoms with E-state index in [1.54, 1.807) is 6.92 Å². The van der Waals surface area contributed by atoms with Crippen LogP contribution in [0.2, 0.25) is 0 Å². The largest absolute Gasteiger partial charge is 0.441 e. The second kappa shape index (κ2) is 10.2. The maximum atomic E-state index is 17.5. The molecule has 0 aromatic heterocycles. The van der Waals surface area contributed by atoms with Crippen LogP contribution in [-0.4, -0.2) is 89.6 Å². The van der Waals surface area contributed by atoms with Crippen molar-refractivity contribution in [2.24, 2.45) is 22.7 Å². The molecule has 0 aromatic rings. The summed E-state index contributed by atoms with van der Waals surface area (Å²) in [6, 6.07) is 0. The van der Waals surface area contributed by atoms with Crippen LogP contribution in [0, 0.1) is 22.7 Å². The van der Waals surface area contributed by atoms with Crippen LogP contribution in [0.1, 0.15) is 52.9 Å². The highest BCUT2D eigenvalue weighted by atomic mass is 32.1. The van der Waals surface area contributed by atoms with Gasteiger partial charge < -0.3 is 24.2 Å². The van der Waals surface area contributed by atoms with Crippen molar-refractivity contribution in [3.8, 4) is 0 Å². The summed E-state index contributed by atoms with van der Waals surface area (Å²) in [5.74, 6) is -2.07. The first kappa shape index (κ1) is 29.7. The maximum Gasteiger partial charge on any atom is 0.409 e. The molecule has 5 rings (SSSR count). The molecule has 4 fully saturated rings. The number of rotatable bonds is 7. The third-order valence-corrected chi connectivity index (χ3v) is 10.6. The van der Waals surface area contributed by atoms with Crippen LogP contribution in [0.5, 0.6) is 0 Å². The molecule has 1 heterocycles. The van der Waals surface area contributed by atoms with E-state index < -0.39 is 82.9 Å². The Morgan fingerprint density at radius 1 is 1.27 bits per heavy atom. The number of alkyl halides is 2.